The molecule has 3 rings (SSSR count). The van der Waals surface area contributed by atoms with Gasteiger partial charge in [-0.2, -0.15) is 5.10 Å². The van der Waals surface area contributed by atoms with Gasteiger partial charge in [0.05, 0.1) is 18.4 Å². The van der Waals surface area contributed by atoms with Crippen molar-refractivity contribution in [1.82, 2.24) is 15.1 Å². The summed E-state index contributed by atoms with van der Waals surface area (Å²) in [6.45, 7) is 4.93. The van der Waals surface area contributed by atoms with Crippen LogP contribution < -0.4 is 10.1 Å². The van der Waals surface area contributed by atoms with Gasteiger partial charge >= 0.3 is 0 Å². The lowest BCUT2D eigenvalue weighted by Crippen LogP contribution is -2.25. The molecule has 0 radical (unpaired) electrons. The maximum absolute atomic E-state index is 12.8. The van der Waals surface area contributed by atoms with E-state index in [4.69, 9.17) is 4.74 Å². The van der Waals surface area contributed by atoms with E-state index in [0.29, 0.717) is 23.7 Å². The Morgan fingerprint density at radius 3 is 2.44 bits per heavy atom. The number of benzene rings is 2. The van der Waals surface area contributed by atoms with Crippen LogP contribution in [-0.2, 0) is 0 Å². The lowest BCUT2D eigenvalue weighted by atomic mass is 10.1. The molecule has 1 amide bonds. The van der Waals surface area contributed by atoms with Gasteiger partial charge in [0.2, 0.25) is 0 Å². The number of rotatable bonds is 7. The highest BCUT2D eigenvalue weighted by Gasteiger charge is 2.18. The molecule has 140 valence electrons. The van der Waals surface area contributed by atoms with Gasteiger partial charge in [0, 0.05) is 18.3 Å². The maximum atomic E-state index is 12.8. The van der Waals surface area contributed by atoms with Crippen molar-refractivity contribution < 1.29 is 9.53 Å². The molecule has 27 heavy (non-hydrogen) atoms. The van der Waals surface area contributed by atoms with Crippen LogP contribution in [0.2, 0.25) is 0 Å². The third kappa shape index (κ3) is 4.56. The second-order valence-corrected chi connectivity index (χ2v) is 6.84. The number of nitrogens with one attached hydrogen (secondary N) is 1. The van der Waals surface area contributed by atoms with Crippen molar-refractivity contribution in [2.24, 2.45) is 5.92 Å². The molecule has 5 nitrogen and oxygen atoms in total. The predicted octanol–water partition coefficient (Wildman–Crippen LogP) is 4.32. The van der Waals surface area contributed by atoms with Gasteiger partial charge in [-0.3, -0.25) is 4.79 Å². The summed E-state index contributed by atoms with van der Waals surface area (Å²) in [4.78, 5) is 12.8. The number of ether oxygens (including phenoxy) is 1. The minimum Gasteiger partial charge on any atom is -0.497 e. The standard InChI is InChI=1S/C22H25N3O2/c1-16(2)13-14-23-22(26)20-15-25(18-7-5-4-6-8-18)24-21(20)17-9-11-19(27-3)12-10-17/h4-12,15-16H,13-14H2,1-3H3,(H,23,26). The van der Waals surface area contributed by atoms with E-state index >= 15 is 0 Å². The van der Waals surface area contributed by atoms with Crippen LogP contribution in [0.25, 0.3) is 16.9 Å². The van der Waals surface area contributed by atoms with E-state index in [-0.39, 0.29) is 5.91 Å². The van der Waals surface area contributed by atoms with Gasteiger partial charge in [0.25, 0.3) is 5.91 Å². The van der Waals surface area contributed by atoms with Crippen molar-refractivity contribution in [2.45, 2.75) is 20.3 Å². The SMILES string of the molecule is COc1ccc(-c2nn(-c3ccccc3)cc2C(=O)NCCC(C)C)cc1. The fourth-order valence-corrected chi connectivity index (χ4v) is 2.78. The van der Waals surface area contributed by atoms with E-state index in [0.717, 1.165) is 23.4 Å². The number of methoxy groups -OCH3 is 1. The molecule has 0 saturated carbocycles. The molecular weight excluding hydrogens is 338 g/mol. The summed E-state index contributed by atoms with van der Waals surface area (Å²) < 4.78 is 6.97. The van der Waals surface area contributed by atoms with Crippen molar-refractivity contribution >= 4 is 5.91 Å². The quantitative estimate of drug-likeness (QED) is 0.680. The summed E-state index contributed by atoms with van der Waals surface area (Å²) in [7, 11) is 1.63. The summed E-state index contributed by atoms with van der Waals surface area (Å²) in [5, 5.41) is 7.70. The van der Waals surface area contributed by atoms with Crippen LogP contribution in [0, 0.1) is 5.92 Å². The molecule has 0 aliphatic carbocycles. The molecule has 0 bridgehead atoms. The predicted molar refractivity (Wildman–Crippen MR) is 107 cm³/mol. The van der Waals surface area contributed by atoms with E-state index in [1.54, 1.807) is 18.0 Å². The first-order valence-corrected chi connectivity index (χ1v) is 9.16. The van der Waals surface area contributed by atoms with Crippen LogP contribution in [0.5, 0.6) is 5.75 Å². The van der Waals surface area contributed by atoms with Crippen molar-refractivity contribution in [3.05, 3.63) is 66.4 Å². The van der Waals surface area contributed by atoms with Gasteiger partial charge in [-0.25, -0.2) is 4.68 Å². The molecule has 0 aliphatic heterocycles. The van der Waals surface area contributed by atoms with Crippen LogP contribution in [0.1, 0.15) is 30.6 Å². The van der Waals surface area contributed by atoms with Crippen molar-refractivity contribution in [3.8, 4) is 22.7 Å². The molecule has 2 aromatic carbocycles. The smallest absolute Gasteiger partial charge is 0.255 e. The highest BCUT2D eigenvalue weighted by Crippen LogP contribution is 2.26. The molecule has 0 spiro atoms. The zero-order valence-corrected chi connectivity index (χ0v) is 16.0. The highest BCUT2D eigenvalue weighted by atomic mass is 16.5. The highest BCUT2D eigenvalue weighted by molar-refractivity contribution is 5.99. The number of hydrogen-bond acceptors (Lipinski definition) is 3. The average Bonchev–Trinajstić information content (AvgIpc) is 3.14. The number of carbonyl (C=O) groups excluding carboxylic acids is 1. The Balaban J connectivity index is 1.96. The summed E-state index contributed by atoms with van der Waals surface area (Å²) in [5.41, 5.74) is 3.00. The van der Waals surface area contributed by atoms with Gasteiger partial charge < -0.3 is 10.1 Å². The fourth-order valence-electron chi connectivity index (χ4n) is 2.78. The molecule has 0 saturated heterocycles. The van der Waals surface area contributed by atoms with Gasteiger partial charge in [-0.05, 0) is 48.7 Å². The Hall–Kier alpha value is -3.08. The number of hydrogen-bond donors (Lipinski definition) is 1. The molecular formula is C22H25N3O2. The van der Waals surface area contributed by atoms with E-state index in [2.05, 4.69) is 24.3 Å². The Morgan fingerprint density at radius 1 is 1.11 bits per heavy atom. The summed E-state index contributed by atoms with van der Waals surface area (Å²) in [6.07, 6.45) is 2.73. The molecule has 3 aromatic rings. The zero-order chi connectivity index (χ0) is 19.2. The molecule has 1 aromatic heterocycles. The first kappa shape index (κ1) is 18.7. The van der Waals surface area contributed by atoms with Gasteiger partial charge in [0.15, 0.2) is 0 Å². The molecule has 1 heterocycles. The number of nitrogens with zero attached hydrogens (tertiary/aromatic N) is 2. The maximum Gasteiger partial charge on any atom is 0.255 e. The number of amides is 1. The molecule has 0 aliphatic rings. The van der Waals surface area contributed by atoms with Crippen molar-refractivity contribution in [2.75, 3.05) is 13.7 Å². The summed E-state index contributed by atoms with van der Waals surface area (Å²) in [6, 6.07) is 17.4. The van der Waals surface area contributed by atoms with Crippen molar-refractivity contribution in [3.63, 3.8) is 0 Å². The lowest BCUT2D eigenvalue weighted by molar-refractivity contribution is 0.0952. The van der Waals surface area contributed by atoms with Crippen LogP contribution in [0.3, 0.4) is 0 Å². The number of aromatic nitrogens is 2. The van der Waals surface area contributed by atoms with E-state index in [1.807, 2.05) is 54.6 Å². The van der Waals surface area contributed by atoms with E-state index in [1.165, 1.54) is 0 Å². The normalized spacial score (nSPS) is 10.8. The van der Waals surface area contributed by atoms with Crippen LogP contribution >= 0.6 is 0 Å². The van der Waals surface area contributed by atoms with Crippen LogP contribution in [0.15, 0.2) is 60.8 Å². The average molecular weight is 363 g/mol. The Morgan fingerprint density at radius 2 is 1.81 bits per heavy atom. The third-order valence-corrected chi connectivity index (χ3v) is 4.35. The number of carbonyl (C=O) groups is 1. The van der Waals surface area contributed by atoms with Crippen molar-refractivity contribution in [1.29, 1.82) is 0 Å². The Bertz CT molecular complexity index is 884. The largest absolute Gasteiger partial charge is 0.497 e. The Kier molecular flexibility index (Phi) is 5.91. The molecule has 0 unspecified atom stereocenters. The Labute approximate surface area is 160 Å². The van der Waals surface area contributed by atoms with E-state index < -0.39 is 0 Å². The topological polar surface area (TPSA) is 56.2 Å². The molecule has 0 atom stereocenters. The first-order chi connectivity index (χ1) is 13.1. The monoisotopic (exact) mass is 363 g/mol. The van der Waals surface area contributed by atoms with Gasteiger partial charge in [-0.1, -0.05) is 32.0 Å². The van der Waals surface area contributed by atoms with Gasteiger partial charge in [0.1, 0.15) is 11.4 Å². The zero-order valence-electron chi connectivity index (χ0n) is 16.0. The fraction of sp³-hybridized carbons (Fsp3) is 0.273. The lowest BCUT2D eigenvalue weighted by Gasteiger charge is -2.07. The van der Waals surface area contributed by atoms with Crippen LogP contribution in [0.4, 0.5) is 0 Å². The second kappa shape index (κ2) is 8.54. The minimum atomic E-state index is -0.108. The summed E-state index contributed by atoms with van der Waals surface area (Å²) >= 11 is 0. The first-order valence-electron chi connectivity index (χ1n) is 9.16. The molecule has 5 heteroatoms. The molecule has 1 N–H and O–H groups in total. The van der Waals surface area contributed by atoms with E-state index in [9.17, 15) is 4.79 Å². The number of para-hydroxylation sites is 1. The minimum absolute atomic E-state index is 0.108. The third-order valence-electron chi connectivity index (χ3n) is 4.35. The molecule has 0 fully saturated rings. The summed E-state index contributed by atoms with van der Waals surface area (Å²) in [5.74, 6) is 1.20. The second-order valence-electron chi connectivity index (χ2n) is 6.84. The van der Waals surface area contributed by atoms with Crippen LogP contribution in [-0.4, -0.2) is 29.3 Å². The van der Waals surface area contributed by atoms with Gasteiger partial charge in [-0.15, -0.1) is 0 Å².